The molecule has 0 amide bonds. The maximum atomic E-state index is 14.2. The number of halogens is 1. The third-order valence-corrected chi connectivity index (χ3v) is 6.07. The minimum atomic E-state index is -0.817. The Balaban J connectivity index is 1.57. The van der Waals surface area contributed by atoms with Crippen LogP contribution in [-0.4, -0.2) is 25.7 Å². The van der Waals surface area contributed by atoms with Gasteiger partial charge < -0.3 is 8.98 Å². The third kappa shape index (κ3) is 2.95. The van der Waals surface area contributed by atoms with E-state index in [1.165, 1.54) is 0 Å². The van der Waals surface area contributed by atoms with Crippen LogP contribution in [0.25, 0.3) is 33.0 Å². The average Bonchev–Trinajstić information content (AvgIpc) is 3.49. The Bertz CT molecular complexity index is 1460. The number of nitrogens with zero attached hydrogens (tertiary/aromatic N) is 5. The van der Waals surface area contributed by atoms with Crippen molar-refractivity contribution in [2.45, 2.75) is 37.9 Å². The lowest BCUT2D eigenvalue weighted by molar-refractivity contribution is 0.330. The SMILES string of the molecule is N#Cc1ccc2ncc3nc(Cc4nc5ccccc5o4)n([C@H]4CC[C@@H](F)C4)c3c2c1. The van der Waals surface area contributed by atoms with Gasteiger partial charge in [-0.2, -0.15) is 5.26 Å². The number of fused-ring (bicyclic) bond motifs is 4. The monoisotopic (exact) mass is 411 g/mol. The average molecular weight is 411 g/mol. The van der Waals surface area contributed by atoms with Crippen molar-refractivity contribution >= 4 is 33.0 Å². The van der Waals surface area contributed by atoms with Crippen LogP contribution in [0.5, 0.6) is 0 Å². The van der Waals surface area contributed by atoms with Crippen LogP contribution in [0.2, 0.25) is 0 Å². The minimum absolute atomic E-state index is 0.00396. The predicted octanol–water partition coefficient (Wildman–Crippen LogP) is 5.25. The Hall–Kier alpha value is -3.79. The summed E-state index contributed by atoms with van der Waals surface area (Å²) in [7, 11) is 0. The largest absolute Gasteiger partial charge is 0.440 e. The molecule has 0 spiro atoms. The van der Waals surface area contributed by atoms with E-state index in [9.17, 15) is 9.65 Å². The van der Waals surface area contributed by atoms with Crippen molar-refractivity contribution in [3.05, 3.63) is 65.9 Å². The zero-order chi connectivity index (χ0) is 20.9. The molecule has 6 rings (SSSR count). The summed E-state index contributed by atoms with van der Waals surface area (Å²) in [5.41, 5.74) is 4.51. The second-order valence-corrected chi connectivity index (χ2v) is 8.05. The van der Waals surface area contributed by atoms with Gasteiger partial charge in [0.05, 0.1) is 35.3 Å². The molecule has 1 fully saturated rings. The lowest BCUT2D eigenvalue weighted by Gasteiger charge is -2.17. The van der Waals surface area contributed by atoms with Crippen molar-refractivity contribution in [2.75, 3.05) is 0 Å². The first-order valence-corrected chi connectivity index (χ1v) is 10.4. The Kier molecular flexibility index (Phi) is 4.00. The molecule has 5 aromatic rings. The summed E-state index contributed by atoms with van der Waals surface area (Å²) < 4.78 is 22.2. The molecular weight excluding hydrogens is 393 g/mol. The molecule has 0 bridgehead atoms. The van der Waals surface area contributed by atoms with Crippen molar-refractivity contribution < 1.29 is 8.81 Å². The molecule has 2 atom stereocenters. The molecule has 0 aliphatic heterocycles. The molecule has 1 aliphatic carbocycles. The van der Waals surface area contributed by atoms with E-state index in [1.807, 2.05) is 36.4 Å². The zero-order valence-electron chi connectivity index (χ0n) is 16.6. The van der Waals surface area contributed by atoms with Crippen molar-refractivity contribution in [1.29, 1.82) is 5.26 Å². The smallest absolute Gasteiger partial charge is 0.203 e. The lowest BCUT2D eigenvalue weighted by atomic mass is 10.1. The highest BCUT2D eigenvalue weighted by Crippen LogP contribution is 2.38. The van der Waals surface area contributed by atoms with Gasteiger partial charge in [0, 0.05) is 11.4 Å². The van der Waals surface area contributed by atoms with E-state index < -0.39 is 6.17 Å². The molecule has 3 aromatic heterocycles. The van der Waals surface area contributed by atoms with Crippen LogP contribution in [0.4, 0.5) is 4.39 Å². The Labute approximate surface area is 177 Å². The van der Waals surface area contributed by atoms with Gasteiger partial charge in [0.15, 0.2) is 5.58 Å². The molecule has 1 aliphatic rings. The molecule has 0 unspecified atom stereocenters. The number of oxazole rings is 1. The number of imidazole rings is 1. The maximum Gasteiger partial charge on any atom is 0.203 e. The molecule has 0 saturated heterocycles. The Morgan fingerprint density at radius 1 is 1.10 bits per heavy atom. The van der Waals surface area contributed by atoms with Crippen molar-refractivity contribution in [3.8, 4) is 6.07 Å². The maximum absolute atomic E-state index is 14.2. The van der Waals surface area contributed by atoms with E-state index in [1.54, 1.807) is 12.3 Å². The zero-order valence-corrected chi connectivity index (χ0v) is 16.6. The molecule has 7 heteroatoms. The van der Waals surface area contributed by atoms with E-state index in [0.29, 0.717) is 30.7 Å². The fourth-order valence-corrected chi connectivity index (χ4v) is 4.68. The molecule has 6 nitrogen and oxygen atoms in total. The van der Waals surface area contributed by atoms with Crippen LogP contribution in [0, 0.1) is 11.3 Å². The van der Waals surface area contributed by atoms with Gasteiger partial charge >= 0.3 is 0 Å². The highest BCUT2D eigenvalue weighted by molar-refractivity contribution is 6.03. The lowest BCUT2D eigenvalue weighted by Crippen LogP contribution is -2.11. The standard InChI is InChI=1S/C24H18FN5O/c25-15-6-7-16(10-15)30-22(11-23-29-19-3-1-2-4-21(19)31-23)28-20-13-27-18-8-5-14(12-26)9-17(18)24(20)30/h1-5,8-9,13,15-16H,6-7,10-11H2/t15-,16+/m1/s1. The molecular formula is C24H18FN5O. The van der Waals surface area contributed by atoms with Crippen LogP contribution >= 0.6 is 0 Å². The summed E-state index contributed by atoms with van der Waals surface area (Å²) in [6.07, 6.45) is 3.07. The van der Waals surface area contributed by atoms with Crippen LogP contribution in [0.1, 0.15) is 42.6 Å². The highest BCUT2D eigenvalue weighted by atomic mass is 19.1. The molecule has 31 heavy (non-hydrogen) atoms. The summed E-state index contributed by atoms with van der Waals surface area (Å²) in [6.45, 7) is 0. The van der Waals surface area contributed by atoms with E-state index in [0.717, 1.165) is 45.3 Å². The van der Waals surface area contributed by atoms with Gasteiger partial charge in [-0.25, -0.2) is 14.4 Å². The van der Waals surface area contributed by atoms with Gasteiger partial charge in [-0.3, -0.25) is 4.98 Å². The molecule has 152 valence electrons. The summed E-state index contributed by atoms with van der Waals surface area (Å²) in [4.78, 5) is 14.0. The number of benzene rings is 2. The van der Waals surface area contributed by atoms with E-state index in [2.05, 4.69) is 20.6 Å². The van der Waals surface area contributed by atoms with Gasteiger partial charge in [0.2, 0.25) is 5.89 Å². The molecule has 2 aromatic carbocycles. The van der Waals surface area contributed by atoms with E-state index >= 15 is 0 Å². The first kappa shape index (κ1) is 18.0. The number of aromatic nitrogens is 4. The van der Waals surface area contributed by atoms with Gasteiger partial charge in [-0.15, -0.1) is 0 Å². The van der Waals surface area contributed by atoms with Gasteiger partial charge in [0.25, 0.3) is 0 Å². The predicted molar refractivity (Wildman–Crippen MR) is 114 cm³/mol. The fourth-order valence-electron chi connectivity index (χ4n) is 4.68. The van der Waals surface area contributed by atoms with Gasteiger partial charge in [-0.05, 0) is 49.6 Å². The molecule has 1 saturated carbocycles. The quantitative estimate of drug-likeness (QED) is 0.405. The van der Waals surface area contributed by atoms with Crippen molar-refractivity contribution in [2.24, 2.45) is 0 Å². The fraction of sp³-hybridized carbons (Fsp3) is 0.250. The van der Waals surface area contributed by atoms with Gasteiger partial charge in [-0.1, -0.05) is 12.1 Å². The van der Waals surface area contributed by atoms with Crippen LogP contribution in [0.15, 0.2) is 53.1 Å². The van der Waals surface area contributed by atoms with Crippen LogP contribution < -0.4 is 0 Å². The first-order valence-electron chi connectivity index (χ1n) is 10.4. The summed E-state index contributed by atoms with van der Waals surface area (Å²) >= 11 is 0. The van der Waals surface area contributed by atoms with E-state index in [-0.39, 0.29) is 6.04 Å². The van der Waals surface area contributed by atoms with Gasteiger partial charge in [0.1, 0.15) is 23.0 Å². The summed E-state index contributed by atoms with van der Waals surface area (Å²) in [6, 6.07) is 15.3. The van der Waals surface area contributed by atoms with Crippen LogP contribution in [0.3, 0.4) is 0 Å². The number of para-hydroxylation sites is 2. The van der Waals surface area contributed by atoms with Crippen molar-refractivity contribution in [1.82, 2.24) is 19.5 Å². The molecule has 0 N–H and O–H groups in total. The number of hydrogen-bond donors (Lipinski definition) is 0. The first-order chi connectivity index (χ1) is 15.2. The number of alkyl halides is 1. The van der Waals surface area contributed by atoms with E-state index in [4.69, 9.17) is 9.40 Å². The summed E-state index contributed by atoms with van der Waals surface area (Å²) in [5.74, 6) is 1.35. The topological polar surface area (TPSA) is 80.5 Å². The number of rotatable bonds is 3. The highest BCUT2D eigenvalue weighted by Gasteiger charge is 2.30. The molecule has 0 radical (unpaired) electrons. The Morgan fingerprint density at radius 3 is 2.81 bits per heavy atom. The second kappa shape index (κ2) is 6.88. The second-order valence-electron chi connectivity index (χ2n) is 8.05. The number of nitriles is 1. The molecule has 3 heterocycles. The van der Waals surface area contributed by atoms with Crippen LogP contribution in [-0.2, 0) is 6.42 Å². The Morgan fingerprint density at radius 2 is 2.00 bits per heavy atom. The normalized spacial score (nSPS) is 18.8. The van der Waals surface area contributed by atoms with Crippen molar-refractivity contribution in [3.63, 3.8) is 0 Å². The summed E-state index contributed by atoms with van der Waals surface area (Å²) in [5, 5.41) is 10.2. The number of hydrogen-bond acceptors (Lipinski definition) is 5. The minimum Gasteiger partial charge on any atom is -0.440 e. The number of pyridine rings is 1. The third-order valence-electron chi connectivity index (χ3n) is 6.07.